The number of alkyl halides is 1. The van der Waals surface area contributed by atoms with Crippen LogP contribution in [0.1, 0.15) is 10.5 Å². The van der Waals surface area contributed by atoms with Crippen LogP contribution in [0.4, 0.5) is 0 Å². The Morgan fingerprint density at radius 3 is 2.80 bits per heavy atom. The molecule has 0 fully saturated rings. The van der Waals surface area contributed by atoms with Gasteiger partial charge in [0, 0.05) is 5.38 Å². The Labute approximate surface area is 93.2 Å². The number of carbonyl (C=O) groups is 3. The lowest BCUT2D eigenvalue weighted by Gasteiger charge is -2.01. The number of amides is 1. The first kappa shape index (κ1) is 11.6. The van der Waals surface area contributed by atoms with Gasteiger partial charge in [-0.2, -0.15) is 5.48 Å². The molecule has 1 heterocycles. The molecule has 0 aliphatic rings. The summed E-state index contributed by atoms with van der Waals surface area (Å²) < 4.78 is 0. The van der Waals surface area contributed by atoms with Crippen molar-refractivity contribution in [2.45, 2.75) is 0 Å². The molecule has 0 spiro atoms. The van der Waals surface area contributed by atoms with Crippen molar-refractivity contribution in [3.8, 4) is 0 Å². The summed E-state index contributed by atoms with van der Waals surface area (Å²) in [5.41, 5.74) is 3.09. The smallest absolute Gasteiger partial charge is 0.332 e. The van der Waals surface area contributed by atoms with Gasteiger partial charge in [-0.05, 0) is 0 Å². The van der Waals surface area contributed by atoms with Gasteiger partial charge in [-0.3, -0.25) is 9.59 Å². The number of hydroxylamine groups is 1. The zero-order valence-electron chi connectivity index (χ0n) is 7.23. The molecule has 0 aromatic carbocycles. The summed E-state index contributed by atoms with van der Waals surface area (Å²) in [5.74, 6) is -3.21. The maximum Gasteiger partial charge on any atom is 0.405 e. The molecule has 1 amide bonds. The van der Waals surface area contributed by atoms with Crippen molar-refractivity contribution in [2.75, 3.05) is 5.88 Å². The molecule has 8 heteroatoms. The van der Waals surface area contributed by atoms with Crippen LogP contribution in [0, 0.1) is 0 Å². The fraction of sp³-hybridized carbons (Fsp3) is 0.143. The summed E-state index contributed by atoms with van der Waals surface area (Å²) in [5, 5.41) is 1.40. The Bertz CT molecular complexity index is 378. The van der Waals surface area contributed by atoms with E-state index in [4.69, 9.17) is 11.6 Å². The van der Waals surface area contributed by atoms with Gasteiger partial charge in [0.2, 0.25) is 0 Å². The van der Waals surface area contributed by atoms with E-state index in [1.807, 2.05) is 0 Å². The van der Waals surface area contributed by atoms with Gasteiger partial charge in [-0.25, -0.2) is 9.78 Å². The SMILES string of the molecule is O=C(CCl)NOC(=O)C(=O)c1cscn1. The Balaban J connectivity index is 2.48. The number of nitrogens with one attached hydrogen (secondary N) is 1. The monoisotopic (exact) mass is 248 g/mol. The van der Waals surface area contributed by atoms with Crippen LogP contribution in [-0.2, 0) is 14.4 Å². The van der Waals surface area contributed by atoms with Crippen molar-refractivity contribution in [3.05, 3.63) is 16.6 Å². The number of aromatic nitrogens is 1. The molecule has 1 N–H and O–H groups in total. The van der Waals surface area contributed by atoms with E-state index in [2.05, 4.69) is 9.82 Å². The molecule has 0 saturated carbocycles. The van der Waals surface area contributed by atoms with Gasteiger partial charge < -0.3 is 4.84 Å². The molecule has 0 atom stereocenters. The minimum atomic E-state index is -1.21. The van der Waals surface area contributed by atoms with E-state index in [1.165, 1.54) is 22.2 Å². The van der Waals surface area contributed by atoms with Gasteiger partial charge in [0.1, 0.15) is 11.6 Å². The molecule has 0 unspecified atom stereocenters. The van der Waals surface area contributed by atoms with Gasteiger partial charge >= 0.3 is 5.97 Å². The van der Waals surface area contributed by atoms with Crippen molar-refractivity contribution in [1.29, 1.82) is 0 Å². The molecular formula is C7H5ClN2O4S. The predicted molar refractivity (Wildman–Crippen MR) is 51.4 cm³/mol. The summed E-state index contributed by atoms with van der Waals surface area (Å²) in [6, 6.07) is 0. The predicted octanol–water partition coefficient (Wildman–Crippen LogP) is 0.139. The number of hydrogen-bond donors (Lipinski definition) is 1. The van der Waals surface area contributed by atoms with E-state index in [0.29, 0.717) is 0 Å². The number of nitrogens with zero attached hydrogens (tertiary/aromatic N) is 1. The van der Waals surface area contributed by atoms with Gasteiger partial charge in [0.05, 0.1) is 5.51 Å². The highest BCUT2D eigenvalue weighted by atomic mass is 35.5. The molecule has 1 rings (SSSR count). The molecule has 0 bridgehead atoms. The fourth-order valence-corrected chi connectivity index (χ4v) is 1.19. The van der Waals surface area contributed by atoms with Gasteiger partial charge in [0.25, 0.3) is 11.7 Å². The standard InChI is InChI=1S/C7H5ClN2O4S/c8-1-5(11)10-14-7(13)6(12)4-2-15-3-9-4/h2-3H,1H2,(H,10,11). The minimum absolute atomic E-state index is 0.0230. The zero-order chi connectivity index (χ0) is 11.3. The number of hydrogen-bond acceptors (Lipinski definition) is 6. The van der Waals surface area contributed by atoms with Gasteiger partial charge in [-0.1, -0.05) is 0 Å². The number of rotatable bonds is 3. The molecule has 0 aliphatic heterocycles. The molecule has 1 aromatic heterocycles. The first-order valence-electron chi connectivity index (χ1n) is 3.63. The first-order chi connectivity index (χ1) is 7.15. The first-order valence-corrected chi connectivity index (χ1v) is 5.11. The van der Waals surface area contributed by atoms with Crippen LogP contribution in [0.3, 0.4) is 0 Å². The van der Waals surface area contributed by atoms with Crippen molar-refractivity contribution < 1.29 is 19.2 Å². The Morgan fingerprint density at radius 1 is 1.53 bits per heavy atom. The van der Waals surface area contributed by atoms with Gasteiger partial charge in [0.15, 0.2) is 0 Å². The van der Waals surface area contributed by atoms with Crippen molar-refractivity contribution in [1.82, 2.24) is 10.5 Å². The van der Waals surface area contributed by atoms with Crippen molar-refractivity contribution in [3.63, 3.8) is 0 Å². The molecular weight excluding hydrogens is 244 g/mol. The quantitative estimate of drug-likeness (QED) is 0.356. The normalized spacial score (nSPS) is 9.40. The summed E-state index contributed by atoms with van der Waals surface area (Å²) in [6.45, 7) is 0. The maximum atomic E-state index is 11.2. The van der Waals surface area contributed by atoms with Crippen molar-refractivity contribution >= 4 is 40.6 Å². The number of Topliss-reactive ketones (excluding diaryl/α,β-unsaturated/α-hetero) is 1. The van der Waals surface area contributed by atoms with E-state index in [-0.39, 0.29) is 11.6 Å². The van der Waals surface area contributed by atoms with Gasteiger partial charge in [-0.15, -0.1) is 22.9 Å². The Morgan fingerprint density at radius 2 is 2.27 bits per heavy atom. The molecule has 6 nitrogen and oxygen atoms in total. The molecule has 0 aliphatic carbocycles. The number of thiazole rings is 1. The van der Waals surface area contributed by atoms with Crippen LogP contribution in [0.25, 0.3) is 0 Å². The van der Waals surface area contributed by atoms with E-state index < -0.39 is 17.7 Å². The number of halogens is 1. The third kappa shape index (κ3) is 3.30. The lowest BCUT2D eigenvalue weighted by atomic mass is 10.3. The summed E-state index contributed by atoms with van der Waals surface area (Å²) in [6.07, 6.45) is 0. The lowest BCUT2D eigenvalue weighted by Crippen LogP contribution is -2.31. The number of ketones is 1. The zero-order valence-corrected chi connectivity index (χ0v) is 8.80. The molecule has 0 radical (unpaired) electrons. The fourth-order valence-electron chi connectivity index (χ4n) is 0.606. The van der Waals surface area contributed by atoms with E-state index in [0.717, 1.165) is 0 Å². The van der Waals surface area contributed by atoms with Crippen LogP contribution >= 0.6 is 22.9 Å². The summed E-state index contributed by atoms with van der Waals surface area (Å²) in [7, 11) is 0. The number of carbonyl (C=O) groups excluding carboxylic acids is 3. The van der Waals surface area contributed by atoms with E-state index in [9.17, 15) is 14.4 Å². The van der Waals surface area contributed by atoms with Crippen LogP contribution < -0.4 is 5.48 Å². The highest BCUT2D eigenvalue weighted by Gasteiger charge is 2.20. The highest BCUT2D eigenvalue weighted by Crippen LogP contribution is 2.02. The third-order valence-corrected chi connectivity index (χ3v) is 2.06. The summed E-state index contributed by atoms with van der Waals surface area (Å²) in [4.78, 5) is 40.6. The second kappa shape index (κ2) is 5.42. The Hall–Kier alpha value is -1.47. The van der Waals surface area contributed by atoms with E-state index in [1.54, 1.807) is 5.48 Å². The third-order valence-electron chi connectivity index (χ3n) is 1.23. The molecule has 0 saturated heterocycles. The molecule has 15 heavy (non-hydrogen) atoms. The van der Waals surface area contributed by atoms with Crippen LogP contribution in [0.15, 0.2) is 10.9 Å². The molecule has 1 aromatic rings. The van der Waals surface area contributed by atoms with E-state index >= 15 is 0 Å². The second-order valence-corrected chi connectivity index (χ2v) is 3.24. The van der Waals surface area contributed by atoms with Crippen LogP contribution in [-0.4, -0.2) is 28.5 Å². The average molecular weight is 249 g/mol. The Kier molecular flexibility index (Phi) is 4.19. The molecule has 80 valence electrons. The van der Waals surface area contributed by atoms with Crippen LogP contribution in [0.2, 0.25) is 0 Å². The second-order valence-electron chi connectivity index (χ2n) is 2.25. The topological polar surface area (TPSA) is 85.4 Å². The maximum absolute atomic E-state index is 11.2. The highest BCUT2D eigenvalue weighted by molar-refractivity contribution is 7.07. The minimum Gasteiger partial charge on any atom is -0.332 e. The van der Waals surface area contributed by atoms with Crippen molar-refractivity contribution in [2.24, 2.45) is 0 Å². The average Bonchev–Trinajstić information content (AvgIpc) is 2.77. The van der Waals surface area contributed by atoms with Crippen LogP contribution in [0.5, 0.6) is 0 Å². The summed E-state index contributed by atoms with van der Waals surface area (Å²) >= 11 is 6.28. The lowest BCUT2D eigenvalue weighted by molar-refractivity contribution is -0.152. The largest absolute Gasteiger partial charge is 0.405 e.